The van der Waals surface area contributed by atoms with Crippen LogP contribution in [0.5, 0.6) is 0 Å². The molecule has 18 heavy (non-hydrogen) atoms. The molecule has 0 radical (unpaired) electrons. The molecule has 5 N–H and O–H groups in total. The number of hydrogen-bond acceptors (Lipinski definition) is 5. The largest absolute Gasteiger partial charge is 0.396 e. The van der Waals surface area contributed by atoms with Crippen LogP contribution in [0, 0.1) is 0 Å². The number of amides is 1. The molecular formula is C12H14N4OS. The summed E-state index contributed by atoms with van der Waals surface area (Å²) in [7, 11) is 0. The first-order chi connectivity index (χ1) is 8.66. The maximum absolute atomic E-state index is 11.0. The molecule has 2 aromatic rings. The first-order valence-electron chi connectivity index (χ1n) is 5.49. The monoisotopic (exact) mass is 262 g/mol. The molecule has 94 valence electrons. The predicted molar refractivity (Wildman–Crippen MR) is 73.7 cm³/mol. The number of carbonyl (C=O) groups is 1. The number of pyridine rings is 1. The van der Waals surface area contributed by atoms with Gasteiger partial charge in [0.2, 0.25) is 0 Å². The molecule has 2 heterocycles. The van der Waals surface area contributed by atoms with E-state index in [1.54, 1.807) is 17.4 Å². The van der Waals surface area contributed by atoms with Gasteiger partial charge in [0.25, 0.3) is 5.91 Å². The van der Waals surface area contributed by atoms with Gasteiger partial charge in [-0.3, -0.25) is 4.79 Å². The number of hydrogen-bond donors (Lipinski definition) is 3. The second-order valence-electron chi connectivity index (χ2n) is 3.75. The third-order valence-electron chi connectivity index (χ3n) is 2.42. The minimum absolute atomic E-state index is 0.211. The number of thiophene rings is 1. The summed E-state index contributed by atoms with van der Waals surface area (Å²) in [5.74, 6) is -0.0563. The summed E-state index contributed by atoms with van der Waals surface area (Å²) in [6.45, 7) is 0.708. The molecule has 0 unspecified atom stereocenters. The molecule has 0 fully saturated rings. The molecule has 2 aromatic heterocycles. The van der Waals surface area contributed by atoms with Crippen molar-refractivity contribution in [2.24, 2.45) is 5.73 Å². The Morgan fingerprint density at radius 2 is 2.22 bits per heavy atom. The Morgan fingerprint density at radius 1 is 1.39 bits per heavy atom. The van der Waals surface area contributed by atoms with Crippen LogP contribution in [0.4, 0.5) is 11.5 Å². The summed E-state index contributed by atoms with van der Waals surface area (Å²) in [6, 6.07) is 7.23. The summed E-state index contributed by atoms with van der Waals surface area (Å²) in [5.41, 5.74) is 11.7. The van der Waals surface area contributed by atoms with Crippen molar-refractivity contribution in [1.29, 1.82) is 0 Å². The standard InChI is InChI=1S/C12H14N4OS/c13-9-3-4-10(11(14)17)16-12(9)15-6-5-8-2-1-7-18-8/h1-4,7H,5-6,13H2,(H2,14,17)(H,15,16). The molecule has 0 atom stereocenters. The van der Waals surface area contributed by atoms with E-state index in [0.29, 0.717) is 18.1 Å². The Balaban J connectivity index is 2.00. The summed E-state index contributed by atoms with van der Waals surface area (Å²) >= 11 is 1.70. The van der Waals surface area contributed by atoms with Crippen LogP contribution in [0.3, 0.4) is 0 Å². The SMILES string of the molecule is NC(=O)c1ccc(N)c(NCCc2cccs2)n1. The lowest BCUT2D eigenvalue weighted by Crippen LogP contribution is -2.15. The fourth-order valence-electron chi connectivity index (χ4n) is 1.51. The van der Waals surface area contributed by atoms with Crippen LogP contribution in [0.25, 0.3) is 0 Å². The first-order valence-corrected chi connectivity index (χ1v) is 6.37. The maximum Gasteiger partial charge on any atom is 0.267 e. The van der Waals surface area contributed by atoms with Gasteiger partial charge >= 0.3 is 0 Å². The van der Waals surface area contributed by atoms with E-state index < -0.39 is 5.91 Å². The van der Waals surface area contributed by atoms with Crippen LogP contribution in [-0.2, 0) is 6.42 Å². The van der Waals surface area contributed by atoms with Crippen LogP contribution in [0.15, 0.2) is 29.6 Å². The highest BCUT2D eigenvalue weighted by atomic mass is 32.1. The van der Waals surface area contributed by atoms with E-state index in [0.717, 1.165) is 6.42 Å². The predicted octanol–water partition coefficient (Wildman–Crippen LogP) is 1.48. The van der Waals surface area contributed by atoms with Gasteiger partial charge in [0.1, 0.15) is 11.5 Å². The number of nitrogens with one attached hydrogen (secondary N) is 1. The van der Waals surface area contributed by atoms with Crippen molar-refractivity contribution < 1.29 is 4.79 Å². The summed E-state index contributed by atoms with van der Waals surface area (Å²) in [5, 5.41) is 5.15. The number of anilines is 2. The maximum atomic E-state index is 11.0. The molecule has 0 saturated carbocycles. The summed E-state index contributed by atoms with van der Waals surface area (Å²) < 4.78 is 0. The molecule has 0 bridgehead atoms. The Kier molecular flexibility index (Phi) is 3.78. The number of rotatable bonds is 5. The van der Waals surface area contributed by atoms with Gasteiger partial charge in [-0.2, -0.15) is 0 Å². The molecule has 0 saturated heterocycles. The lowest BCUT2D eigenvalue weighted by atomic mass is 10.3. The highest BCUT2D eigenvalue weighted by Gasteiger charge is 2.06. The third kappa shape index (κ3) is 2.98. The molecule has 0 aliphatic heterocycles. The Bertz CT molecular complexity index is 539. The molecular weight excluding hydrogens is 248 g/mol. The Labute approximate surface area is 109 Å². The molecule has 0 aliphatic rings. The fraction of sp³-hybridized carbons (Fsp3) is 0.167. The van der Waals surface area contributed by atoms with Crippen LogP contribution in [0.1, 0.15) is 15.4 Å². The minimum Gasteiger partial charge on any atom is -0.396 e. The molecule has 6 heteroatoms. The van der Waals surface area contributed by atoms with Gasteiger partial charge in [0, 0.05) is 11.4 Å². The van der Waals surface area contributed by atoms with Crippen LogP contribution >= 0.6 is 11.3 Å². The van der Waals surface area contributed by atoms with Gasteiger partial charge in [-0.05, 0) is 30.0 Å². The van der Waals surface area contributed by atoms with Gasteiger partial charge in [-0.25, -0.2) is 4.98 Å². The van der Waals surface area contributed by atoms with E-state index >= 15 is 0 Å². The van der Waals surface area contributed by atoms with Crippen molar-refractivity contribution in [2.75, 3.05) is 17.6 Å². The fourth-order valence-corrected chi connectivity index (χ4v) is 2.22. The lowest BCUT2D eigenvalue weighted by Gasteiger charge is -2.08. The van der Waals surface area contributed by atoms with Crippen molar-refractivity contribution in [3.8, 4) is 0 Å². The van der Waals surface area contributed by atoms with Gasteiger partial charge in [-0.15, -0.1) is 11.3 Å². The van der Waals surface area contributed by atoms with Gasteiger partial charge in [-0.1, -0.05) is 6.07 Å². The second-order valence-corrected chi connectivity index (χ2v) is 4.79. The van der Waals surface area contributed by atoms with Gasteiger partial charge in [0.15, 0.2) is 0 Å². The highest BCUT2D eigenvalue weighted by Crippen LogP contribution is 2.16. The highest BCUT2D eigenvalue weighted by molar-refractivity contribution is 7.09. The number of aromatic nitrogens is 1. The lowest BCUT2D eigenvalue weighted by molar-refractivity contribution is 0.0996. The van der Waals surface area contributed by atoms with Crippen molar-refractivity contribution in [3.63, 3.8) is 0 Å². The summed E-state index contributed by atoms with van der Waals surface area (Å²) in [4.78, 5) is 16.4. The Hall–Kier alpha value is -2.08. The van der Waals surface area contributed by atoms with E-state index in [9.17, 15) is 4.79 Å². The van der Waals surface area contributed by atoms with Crippen LogP contribution < -0.4 is 16.8 Å². The van der Waals surface area contributed by atoms with E-state index in [-0.39, 0.29) is 5.69 Å². The number of primary amides is 1. The number of nitrogens with zero attached hydrogens (tertiary/aromatic N) is 1. The zero-order valence-corrected chi connectivity index (χ0v) is 10.5. The van der Waals surface area contributed by atoms with Crippen molar-refractivity contribution in [1.82, 2.24) is 4.98 Å². The van der Waals surface area contributed by atoms with E-state index in [2.05, 4.69) is 16.4 Å². The van der Waals surface area contributed by atoms with Crippen LogP contribution in [0.2, 0.25) is 0 Å². The average Bonchev–Trinajstić information content (AvgIpc) is 2.84. The zero-order valence-electron chi connectivity index (χ0n) is 9.72. The van der Waals surface area contributed by atoms with Crippen LogP contribution in [-0.4, -0.2) is 17.4 Å². The molecule has 0 aliphatic carbocycles. The number of nitrogens with two attached hydrogens (primary N) is 2. The Morgan fingerprint density at radius 3 is 2.89 bits per heavy atom. The molecule has 0 aromatic carbocycles. The number of carbonyl (C=O) groups excluding carboxylic acids is 1. The zero-order chi connectivity index (χ0) is 13.0. The topological polar surface area (TPSA) is 94.0 Å². The molecule has 2 rings (SSSR count). The quantitative estimate of drug-likeness (QED) is 0.760. The molecule has 1 amide bonds. The van der Waals surface area contributed by atoms with E-state index in [1.807, 2.05) is 11.4 Å². The minimum atomic E-state index is -0.559. The number of nitrogen functional groups attached to an aromatic ring is 1. The smallest absolute Gasteiger partial charge is 0.267 e. The molecule has 5 nitrogen and oxygen atoms in total. The summed E-state index contributed by atoms with van der Waals surface area (Å²) in [6.07, 6.45) is 0.888. The van der Waals surface area contributed by atoms with E-state index in [1.165, 1.54) is 10.9 Å². The van der Waals surface area contributed by atoms with Crippen molar-refractivity contribution in [2.45, 2.75) is 6.42 Å². The normalized spacial score (nSPS) is 10.2. The third-order valence-corrected chi connectivity index (χ3v) is 3.36. The first kappa shape index (κ1) is 12.4. The van der Waals surface area contributed by atoms with E-state index in [4.69, 9.17) is 11.5 Å². The van der Waals surface area contributed by atoms with Gasteiger partial charge < -0.3 is 16.8 Å². The average molecular weight is 262 g/mol. The van der Waals surface area contributed by atoms with Crippen molar-refractivity contribution in [3.05, 3.63) is 40.2 Å². The molecule has 0 spiro atoms. The van der Waals surface area contributed by atoms with Crippen molar-refractivity contribution >= 4 is 28.7 Å². The van der Waals surface area contributed by atoms with Gasteiger partial charge in [0.05, 0.1) is 5.69 Å². The second kappa shape index (κ2) is 5.50.